The van der Waals surface area contributed by atoms with Crippen LogP contribution in [-0.2, 0) is 9.59 Å². The Morgan fingerprint density at radius 1 is 1.17 bits per heavy atom. The van der Waals surface area contributed by atoms with Gasteiger partial charge in [-0.15, -0.1) is 0 Å². The highest BCUT2D eigenvalue weighted by molar-refractivity contribution is 5.99. The van der Waals surface area contributed by atoms with E-state index in [0.717, 1.165) is 27.6 Å². The number of H-pyrrole nitrogens is 1. The molecule has 1 N–H and O–H groups in total. The second-order valence-electron chi connectivity index (χ2n) is 7.26. The van der Waals surface area contributed by atoms with Crippen molar-refractivity contribution in [1.29, 1.82) is 0 Å². The third-order valence-electron chi connectivity index (χ3n) is 5.53. The number of amides is 2. The summed E-state index contributed by atoms with van der Waals surface area (Å²) in [5.41, 5.74) is 3.45. The van der Waals surface area contributed by atoms with Gasteiger partial charge in [-0.1, -0.05) is 12.1 Å². The molecular weight excluding hydrogens is 368 g/mol. The van der Waals surface area contributed by atoms with Crippen LogP contribution in [0, 0.1) is 0 Å². The number of fused-ring (bicyclic) bond motifs is 2. The molecule has 1 aliphatic rings. The van der Waals surface area contributed by atoms with Crippen LogP contribution in [0.1, 0.15) is 13.0 Å². The molecular formula is C21H20N6O2. The third kappa shape index (κ3) is 2.93. The number of hydrogen-bond donors (Lipinski definition) is 1. The van der Waals surface area contributed by atoms with Crippen LogP contribution in [0.2, 0.25) is 0 Å². The van der Waals surface area contributed by atoms with E-state index in [9.17, 15) is 9.59 Å². The number of benzene rings is 2. The minimum atomic E-state index is -0.428. The number of anilines is 1. The molecule has 0 radical (unpaired) electrons. The Hall–Kier alpha value is -3.68. The summed E-state index contributed by atoms with van der Waals surface area (Å²) < 4.78 is 1.86. The average Bonchev–Trinajstić information content (AvgIpc) is 3.39. The highest BCUT2D eigenvalue weighted by Gasteiger charge is 2.31. The van der Waals surface area contributed by atoms with Gasteiger partial charge in [0.15, 0.2) is 0 Å². The lowest BCUT2D eigenvalue weighted by Gasteiger charge is -2.35. The monoisotopic (exact) mass is 388 g/mol. The molecule has 2 aromatic heterocycles. The molecule has 8 heteroatoms. The van der Waals surface area contributed by atoms with Gasteiger partial charge in [0.05, 0.1) is 29.1 Å². The van der Waals surface area contributed by atoms with E-state index in [2.05, 4.69) is 15.2 Å². The quantitative estimate of drug-likeness (QED) is 0.584. The fraction of sp³-hybridized carbons (Fsp3) is 0.238. The first-order valence-electron chi connectivity index (χ1n) is 9.56. The number of imidazole rings is 1. The number of nitrogens with zero attached hydrogens (tertiary/aromatic N) is 5. The number of para-hydroxylation sites is 2. The molecule has 1 atom stereocenters. The zero-order chi connectivity index (χ0) is 20.0. The van der Waals surface area contributed by atoms with Gasteiger partial charge < -0.3 is 14.4 Å². The summed E-state index contributed by atoms with van der Waals surface area (Å²) >= 11 is 0. The van der Waals surface area contributed by atoms with E-state index in [-0.39, 0.29) is 18.4 Å². The van der Waals surface area contributed by atoms with Crippen LogP contribution >= 0.6 is 0 Å². The second-order valence-corrected chi connectivity index (χ2v) is 7.26. The largest absolute Gasteiger partial charge is 0.330 e. The van der Waals surface area contributed by atoms with E-state index in [4.69, 9.17) is 0 Å². The predicted octanol–water partition coefficient (Wildman–Crippen LogP) is 2.35. The summed E-state index contributed by atoms with van der Waals surface area (Å²) in [6.45, 7) is 2.86. The van der Waals surface area contributed by atoms with Gasteiger partial charge in [0.2, 0.25) is 11.8 Å². The Morgan fingerprint density at radius 3 is 2.90 bits per heavy atom. The molecule has 2 amide bonds. The van der Waals surface area contributed by atoms with Crippen molar-refractivity contribution in [2.45, 2.75) is 13.0 Å². The number of aromatic nitrogens is 4. The Labute approximate surface area is 166 Å². The van der Waals surface area contributed by atoms with Crippen LogP contribution < -0.4 is 4.90 Å². The molecule has 2 aromatic carbocycles. The smallest absolute Gasteiger partial charge is 0.246 e. The lowest BCUT2D eigenvalue weighted by atomic mass is 10.2. The molecule has 1 saturated heterocycles. The number of piperazine rings is 1. The van der Waals surface area contributed by atoms with Gasteiger partial charge in [0, 0.05) is 24.2 Å². The van der Waals surface area contributed by atoms with Gasteiger partial charge in [-0.25, -0.2) is 4.98 Å². The Balaban J connectivity index is 1.33. The first kappa shape index (κ1) is 17.4. The summed E-state index contributed by atoms with van der Waals surface area (Å²) in [6.07, 6.45) is 3.43. The normalized spacial score (nSPS) is 16.0. The molecule has 5 rings (SSSR count). The minimum Gasteiger partial charge on any atom is -0.330 e. The number of carbonyl (C=O) groups excluding carboxylic acids is 2. The van der Waals surface area contributed by atoms with Crippen molar-refractivity contribution in [2.75, 3.05) is 24.5 Å². The maximum atomic E-state index is 13.1. The van der Waals surface area contributed by atoms with Crippen LogP contribution in [0.25, 0.3) is 21.9 Å². The van der Waals surface area contributed by atoms with E-state index in [1.807, 2.05) is 54.0 Å². The summed E-state index contributed by atoms with van der Waals surface area (Å²) in [5, 5.41) is 7.94. The van der Waals surface area contributed by atoms with E-state index >= 15 is 0 Å². The molecule has 4 aromatic rings. The van der Waals surface area contributed by atoms with Crippen LogP contribution in [0.4, 0.5) is 5.69 Å². The maximum absolute atomic E-state index is 13.1. The van der Waals surface area contributed by atoms with E-state index in [1.54, 1.807) is 22.3 Å². The summed E-state index contributed by atoms with van der Waals surface area (Å²) in [7, 11) is 0. The number of rotatable bonds is 3. The summed E-state index contributed by atoms with van der Waals surface area (Å²) in [5.74, 6) is -0.170. The molecule has 0 aliphatic carbocycles. The first-order valence-corrected chi connectivity index (χ1v) is 9.56. The fourth-order valence-electron chi connectivity index (χ4n) is 3.90. The Morgan fingerprint density at radius 2 is 2.03 bits per heavy atom. The van der Waals surface area contributed by atoms with Gasteiger partial charge in [-0.05, 0) is 37.3 Å². The van der Waals surface area contributed by atoms with Crippen LogP contribution in [-0.4, -0.2) is 56.1 Å². The first-order chi connectivity index (χ1) is 14.1. The van der Waals surface area contributed by atoms with Crippen molar-refractivity contribution < 1.29 is 9.59 Å². The fourth-order valence-corrected chi connectivity index (χ4v) is 3.90. The lowest BCUT2D eigenvalue weighted by molar-refractivity contribution is -0.139. The molecule has 0 unspecified atom stereocenters. The van der Waals surface area contributed by atoms with Crippen LogP contribution in [0.15, 0.2) is 55.0 Å². The lowest BCUT2D eigenvalue weighted by Crippen LogP contribution is -2.53. The summed E-state index contributed by atoms with van der Waals surface area (Å²) in [4.78, 5) is 33.6. The van der Waals surface area contributed by atoms with E-state index in [1.165, 1.54) is 0 Å². The van der Waals surface area contributed by atoms with Gasteiger partial charge in [-0.2, -0.15) is 5.10 Å². The number of aromatic amines is 1. The van der Waals surface area contributed by atoms with Crippen LogP contribution in [0.3, 0.4) is 0 Å². The molecule has 3 heterocycles. The minimum absolute atomic E-state index is 0.0663. The molecule has 146 valence electrons. The predicted molar refractivity (Wildman–Crippen MR) is 109 cm³/mol. The topological polar surface area (TPSA) is 87.1 Å². The number of hydrogen-bond acceptors (Lipinski definition) is 4. The average molecular weight is 388 g/mol. The number of carbonyl (C=O) groups is 2. The zero-order valence-electron chi connectivity index (χ0n) is 15.9. The summed E-state index contributed by atoms with van der Waals surface area (Å²) in [6, 6.07) is 13.0. The van der Waals surface area contributed by atoms with E-state index in [0.29, 0.717) is 13.1 Å². The molecule has 0 bridgehead atoms. The highest BCUT2D eigenvalue weighted by Crippen LogP contribution is 2.24. The Kier molecular flexibility index (Phi) is 4.04. The van der Waals surface area contributed by atoms with Gasteiger partial charge in [0.25, 0.3) is 0 Å². The van der Waals surface area contributed by atoms with Crippen molar-refractivity contribution in [1.82, 2.24) is 24.6 Å². The SMILES string of the molecule is C[C@H](C(=O)N1CCN(c2ccc3cn[nH]c3c2)C(=O)C1)n1cnc2ccccc21. The van der Waals surface area contributed by atoms with Crippen LogP contribution in [0.5, 0.6) is 0 Å². The van der Waals surface area contributed by atoms with Crippen molar-refractivity contribution in [3.8, 4) is 0 Å². The highest BCUT2D eigenvalue weighted by atomic mass is 16.2. The molecule has 0 spiro atoms. The van der Waals surface area contributed by atoms with Gasteiger partial charge >= 0.3 is 0 Å². The molecule has 8 nitrogen and oxygen atoms in total. The second kappa shape index (κ2) is 6.73. The number of nitrogens with one attached hydrogen (secondary N) is 1. The van der Waals surface area contributed by atoms with Gasteiger partial charge in [-0.3, -0.25) is 14.7 Å². The molecule has 29 heavy (non-hydrogen) atoms. The maximum Gasteiger partial charge on any atom is 0.246 e. The zero-order valence-corrected chi connectivity index (χ0v) is 15.9. The van der Waals surface area contributed by atoms with E-state index < -0.39 is 6.04 Å². The van der Waals surface area contributed by atoms with Gasteiger partial charge in [0.1, 0.15) is 12.6 Å². The third-order valence-corrected chi connectivity index (χ3v) is 5.53. The molecule has 1 aliphatic heterocycles. The standard InChI is InChI=1S/C21H20N6O2/c1-14(27-13-22-17-4-2-3-5-19(17)27)21(29)25-8-9-26(20(28)12-25)16-7-6-15-11-23-24-18(15)10-16/h2-7,10-11,13-14H,8-9,12H2,1H3,(H,23,24)/t14-/m1/s1. The van der Waals surface area contributed by atoms with Crippen molar-refractivity contribution in [3.63, 3.8) is 0 Å². The molecule has 0 saturated carbocycles. The van der Waals surface area contributed by atoms with Crippen molar-refractivity contribution in [3.05, 3.63) is 55.0 Å². The van der Waals surface area contributed by atoms with Crippen molar-refractivity contribution in [2.24, 2.45) is 0 Å². The van der Waals surface area contributed by atoms with Crippen molar-refractivity contribution >= 4 is 39.4 Å². The molecule has 1 fully saturated rings. The Bertz CT molecular complexity index is 1230.